The van der Waals surface area contributed by atoms with Gasteiger partial charge in [0.2, 0.25) is 0 Å². The SMILES string of the molecule is COc1cc(Cl)ccc1C(=O)NCC(C)CN. The number of hydrogen-bond acceptors (Lipinski definition) is 3. The maximum absolute atomic E-state index is 11.9. The molecule has 0 spiro atoms. The van der Waals surface area contributed by atoms with Crippen molar-refractivity contribution in [3.8, 4) is 5.75 Å². The van der Waals surface area contributed by atoms with Crippen molar-refractivity contribution in [2.75, 3.05) is 20.2 Å². The lowest BCUT2D eigenvalue weighted by molar-refractivity contribution is 0.0945. The molecule has 0 saturated carbocycles. The molecule has 5 heteroatoms. The van der Waals surface area contributed by atoms with E-state index in [0.29, 0.717) is 29.4 Å². The van der Waals surface area contributed by atoms with Gasteiger partial charge >= 0.3 is 0 Å². The number of halogens is 1. The van der Waals surface area contributed by atoms with E-state index in [4.69, 9.17) is 22.1 Å². The first-order valence-corrected chi connectivity index (χ1v) is 5.78. The van der Waals surface area contributed by atoms with Gasteiger partial charge in [0.25, 0.3) is 5.91 Å². The van der Waals surface area contributed by atoms with Gasteiger partial charge in [0.15, 0.2) is 0 Å². The van der Waals surface area contributed by atoms with Gasteiger partial charge in [0.05, 0.1) is 12.7 Å². The van der Waals surface area contributed by atoms with Crippen LogP contribution in [0, 0.1) is 5.92 Å². The number of rotatable bonds is 5. The largest absolute Gasteiger partial charge is 0.496 e. The van der Waals surface area contributed by atoms with Crippen molar-refractivity contribution < 1.29 is 9.53 Å². The van der Waals surface area contributed by atoms with Gasteiger partial charge in [-0.25, -0.2) is 0 Å². The lowest BCUT2D eigenvalue weighted by Crippen LogP contribution is -2.31. The van der Waals surface area contributed by atoms with E-state index in [9.17, 15) is 4.79 Å². The first kappa shape index (κ1) is 13.8. The Morgan fingerprint density at radius 2 is 2.29 bits per heavy atom. The third-order valence-electron chi connectivity index (χ3n) is 2.42. The van der Waals surface area contributed by atoms with Gasteiger partial charge in [-0.3, -0.25) is 4.79 Å². The molecule has 0 saturated heterocycles. The predicted molar refractivity (Wildman–Crippen MR) is 68.6 cm³/mol. The molecule has 0 aromatic heterocycles. The molecule has 1 aromatic rings. The number of nitrogens with one attached hydrogen (secondary N) is 1. The number of methoxy groups -OCH3 is 1. The highest BCUT2D eigenvalue weighted by atomic mass is 35.5. The summed E-state index contributed by atoms with van der Waals surface area (Å²) < 4.78 is 5.11. The van der Waals surface area contributed by atoms with Crippen LogP contribution >= 0.6 is 11.6 Å². The Kier molecular flexibility index (Phi) is 5.25. The van der Waals surface area contributed by atoms with Crippen molar-refractivity contribution in [1.29, 1.82) is 0 Å². The number of nitrogens with two attached hydrogens (primary N) is 1. The number of hydrogen-bond donors (Lipinski definition) is 2. The fourth-order valence-corrected chi connectivity index (χ4v) is 1.46. The van der Waals surface area contributed by atoms with Crippen molar-refractivity contribution in [2.45, 2.75) is 6.92 Å². The average Bonchev–Trinajstić information content (AvgIpc) is 2.35. The third kappa shape index (κ3) is 3.91. The van der Waals surface area contributed by atoms with E-state index in [2.05, 4.69) is 5.32 Å². The average molecular weight is 257 g/mol. The van der Waals surface area contributed by atoms with E-state index in [1.807, 2.05) is 6.92 Å². The smallest absolute Gasteiger partial charge is 0.255 e. The Bertz CT molecular complexity index is 396. The molecule has 0 radical (unpaired) electrons. The molecule has 0 bridgehead atoms. The molecule has 3 N–H and O–H groups in total. The summed E-state index contributed by atoms with van der Waals surface area (Å²) in [6.45, 7) is 3.05. The number of benzene rings is 1. The molecule has 94 valence electrons. The zero-order valence-electron chi connectivity index (χ0n) is 10.00. The first-order chi connectivity index (χ1) is 8.08. The van der Waals surface area contributed by atoms with Gasteiger partial charge in [-0.2, -0.15) is 0 Å². The molecule has 1 atom stereocenters. The Morgan fingerprint density at radius 3 is 2.88 bits per heavy atom. The molecule has 1 aromatic carbocycles. The van der Waals surface area contributed by atoms with Crippen LogP contribution in [-0.2, 0) is 0 Å². The summed E-state index contributed by atoms with van der Waals surface area (Å²) >= 11 is 5.82. The second-order valence-electron chi connectivity index (χ2n) is 3.90. The zero-order valence-corrected chi connectivity index (χ0v) is 10.8. The Hall–Kier alpha value is -1.26. The molecule has 1 unspecified atom stereocenters. The molecular weight excluding hydrogens is 240 g/mol. The zero-order chi connectivity index (χ0) is 12.8. The van der Waals surface area contributed by atoms with Crippen molar-refractivity contribution >= 4 is 17.5 Å². The van der Waals surface area contributed by atoms with Gasteiger partial charge < -0.3 is 15.8 Å². The number of ether oxygens (including phenoxy) is 1. The Balaban J connectivity index is 2.75. The van der Waals surface area contributed by atoms with E-state index in [0.717, 1.165) is 0 Å². The van der Waals surface area contributed by atoms with Crippen LogP contribution < -0.4 is 15.8 Å². The molecule has 0 aliphatic carbocycles. The van der Waals surface area contributed by atoms with Crippen LogP contribution in [0.25, 0.3) is 0 Å². The van der Waals surface area contributed by atoms with Gasteiger partial charge in [-0.05, 0) is 30.7 Å². The molecule has 0 aliphatic rings. The normalized spacial score (nSPS) is 12.0. The number of amides is 1. The van der Waals surface area contributed by atoms with Gasteiger partial charge in [-0.1, -0.05) is 18.5 Å². The van der Waals surface area contributed by atoms with Crippen LogP contribution in [0.4, 0.5) is 0 Å². The molecule has 1 rings (SSSR count). The number of carbonyl (C=O) groups excluding carboxylic acids is 1. The summed E-state index contributed by atoms with van der Waals surface area (Å²) in [5, 5.41) is 3.34. The van der Waals surface area contributed by atoms with Gasteiger partial charge in [0, 0.05) is 11.6 Å². The summed E-state index contributed by atoms with van der Waals surface area (Å²) in [6, 6.07) is 4.91. The summed E-state index contributed by atoms with van der Waals surface area (Å²) in [5.74, 6) is 0.534. The molecule has 1 amide bonds. The number of carbonyl (C=O) groups is 1. The van der Waals surface area contributed by atoms with E-state index in [1.54, 1.807) is 18.2 Å². The van der Waals surface area contributed by atoms with E-state index in [1.165, 1.54) is 7.11 Å². The standard InChI is InChI=1S/C12H17ClN2O2/c1-8(6-14)7-15-12(16)10-4-3-9(13)5-11(10)17-2/h3-5,8H,6-7,14H2,1-2H3,(H,15,16). The van der Waals surface area contributed by atoms with Crippen molar-refractivity contribution in [2.24, 2.45) is 11.7 Å². The molecule has 0 fully saturated rings. The van der Waals surface area contributed by atoms with Crippen LogP contribution in [0.3, 0.4) is 0 Å². The lowest BCUT2D eigenvalue weighted by Gasteiger charge is -2.12. The van der Waals surface area contributed by atoms with Gasteiger partial charge in [-0.15, -0.1) is 0 Å². The molecule has 0 heterocycles. The van der Waals surface area contributed by atoms with Crippen LogP contribution in [0.15, 0.2) is 18.2 Å². The maximum atomic E-state index is 11.9. The molecule has 0 aliphatic heterocycles. The fraction of sp³-hybridized carbons (Fsp3) is 0.417. The Labute approximate surface area is 106 Å². The highest BCUT2D eigenvalue weighted by Crippen LogP contribution is 2.22. The van der Waals surface area contributed by atoms with Crippen LogP contribution in [-0.4, -0.2) is 26.1 Å². The van der Waals surface area contributed by atoms with E-state index in [-0.39, 0.29) is 11.8 Å². The summed E-state index contributed by atoms with van der Waals surface area (Å²) in [4.78, 5) is 11.9. The second kappa shape index (κ2) is 6.47. The Morgan fingerprint density at radius 1 is 1.59 bits per heavy atom. The fourth-order valence-electron chi connectivity index (χ4n) is 1.30. The van der Waals surface area contributed by atoms with Crippen molar-refractivity contribution in [3.63, 3.8) is 0 Å². The van der Waals surface area contributed by atoms with Crippen LogP contribution in [0.1, 0.15) is 17.3 Å². The third-order valence-corrected chi connectivity index (χ3v) is 2.66. The molecule has 17 heavy (non-hydrogen) atoms. The quantitative estimate of drug-likeness (QED) is 0.842. The topological polar surface area (TPSA) is 64.3 Å². The van der Waals surface area contributed by atoms with Crippen LogP contribution in [0.5, 0.6) is 5.75 Å². The summed E-state index contributed by atoms with van der Waals surface area (Å²) in [5.41, 5.74) is 5.95. The monoisotopic (exact) mass is 256 g/mol. The minimum Gasteiger partial charge on any atom is -0.496 e. The highest BCUT2D eigenvalue weighted by molar-refractivity contribution is 6.30. The van der Waals surface area contributed by atoms with Crippen LogP contribution in [0.2, 0.25) is 5.02 Å². The second-order valence-corrected chi connectivity index (χ2v) is 4.33. The van der Waals surface area contributed by atoms with Crippen molar-refractivity contribution in [3.05, 3.63) is 28.8 Å². The van der Waals surface area contributed by atoms with E-state index >= 15 is 0 Å². The van der Waals surface area contributed by atoms with Gasteiger partial charge in [0.1, 0.15) is 5.75 Å². The molecular formula is C12H17ClN2O2. The summed E-state index contributed by atoms with van der Waals surface area (Å²) in [7, 11) is 1.50. The molecule has 4 nitrogen and oxygen atoms in total. The lowest BCUT2D eigenvalue weighted by atomic mass is 10.1. The van der Waals surface area contributed by atoms with Crippen molar-refractivity contribution in [1.82, 2.24) is 5.32 Å². The first-order valence-electron chi connectivity index (χ1n) is 5.40. The minimum atomic E-state index is -0.182. The maximum Gasteiger partial charge on any atom is 0.255 e. The minimum absolute atomic E-state index is 0.182. The predicted octanol–water partition coefficient (Wildman–Crippen LogP) is 1.67. The summed E-state index contributed by atoms with van der Waals surface area (Å²) in [6.07, 6.45) is 0. The van der Waals surface area contributed by atoms with E-state index < -0.39 is 0 Å². The highest BCUT2D eigenvalue weighted by Gasteiger charge is 2.12.